The molecule has 1 saturated heterocycles. The van der Waals surface area contributed by atoms with Crippen molar-refractivity contribution < 1.29 is 4.74 Å². The number of hydrogen-bond acceptors (Lipinski definition) is 4. The number of thioether (sulfide) groups is 1. The Kier molecular flexibility index (Phi) is 6.20. The monoisotopic (exact) mass is 283 g/mol. The molecule has 1 aliphatic heterocycles. The normalized spacial score (nSPS) is 21.5. The second kappa shape index (κ2) is 7.92. The molecule has 2 rings (SSSR count). The highest BCUT2D eigenvalue weighted by atomic mass is 32.2. The highest BCUT2D eigenvalue weighted by Crippen LogP contribution is 2.25. The summed E-state index contributed by atoms with van der Waals surface area (Å²) in [5, 5.41) is 8.09. The van der Waals surface area contributed by atoms with E-state index in [0.29, 0.717) is 0 Å². The lowest BCUT2D eigenvalue weighted by Gasteiger charge is -2.31. The summed E-state index contributed by atoms with van der Waals surface area (Å²) in [6.07, 6.45) is 4.41. The lowest BCUT2D eigenvalue weighted by Crippen LogP contribution is -2.39. The molecule has 19 heavy (non-hydrogen) atoms. The minimum atomic E-state index is 0.262. The molecule has 4 nitrogen and oxygen atoms in total. The van der Waals surface area contributed by atoms with Gasteiger partial charge in [0.15, 0.2) is 0 Å². The SMILES string of the molecule is CCCNC(c1ccnn1CCC)C1CSCCO1. The summed E-state index contributed by atoms with van der Waals surface area (Å²) in [4.78, 5) is 0. The van der Waals surface area contributed by atoms with Crippen LogP contribution in [-0.2, 0) is 11.3 Å². The molecule has 0 radical (unpaired) electrons. The fraction of sp³-hybridized carbons (Fsp3) is 0.786. The molecule has 1 N–H and O–H groups in total. The molecule has 0 aliphatic carbocycles. The molecular formula is C14H25N3OS. The number of ether oxygens (including phenoxy) is 1. The van der Waals surface area contributed by atoms with Crippen LogP contribution in [0.2, 0.25) is 0 Å². The molecular weight excluding hydrogens is 258 g/mol. The number of hydrogen-bond donors (Lipinski definition) is 1. The number of nitrogens with one attached hydrogen (secondary N) is 1. The topological polar surface area (TPSA) is 39.1 Å². The largest absolute Gasteiger partial charge is 0.374 e. The van der Waals surface area contributed by atoms with Crippen LogP contribution in [-0.4, -0.2) is 40.5 Å². The van der Waals surface area contributed by atoms with Gasteiger partial charge < -0.3 is 10.1 Å². The maximum absolute atomic E-state index is 5.97. The van der Waals surface area contributed by atoms with Crippen LogP contribution in [0.4, 0.5) is 0 Å². The van der Waals surface area contributed by atoms with E-state index in [0.717, 1.165) is 44.0 Å². The number of aromatic nitrogens is 2. The van der Waals surface area contributed by atoms with E-state index < -0.39 is 0 Å². The summed E-state index contributed by atoms with van der Waals surface area (Å²) in [6, 6.07) is 2.40. The van der Waals surface area contributed by atoms with Crippen LogP contribution in [0, 0.1) is 0 Å². The predicted molar refractivity (Wildman–Crippen MR) is 80.6 cm³/mol. The number of rotatable bonds is 7. The molecule has 0 bridgehead atoms. The smallest absolute Gasteiger partial charge is 0.0875 e. The van der Waals surface area contributed by atoms with E-state index in [-0.39, 0.29) is 12.1 Å². The Morgan fingerprint density at radius 3 is 3.11 bits per heavy atom. The zero-order valence-electron chi connectivity index (χ0n) is 12.0. The van der Waals surface area contributed by atoms with E-state index in [2.05, 4.69) is 35.0 Å². The van der Waals surface area contributed by atoms with Gasteiger partial charge in [-0.3, -0.25) is 4.68 Å². The Balaban J connectivity index is 2.12. The molecule has 1 aromatic heterocycles. The third-order valence-electron chi connectivity index (χ3n) is 3.33. The fourth-order valence-electron chi connectivity index (χ4n) is 2.43. The van der Waals surface area contributed by atoms with Gasteiger partial charge in [-0.2, -0.15) is 16.9 Å². The summed E-state index contributed by atoms with van der Waals surface area (Å²) in [5.41, 5.74) is 1.27. The molecule has 0 aromatic carbocycles. The van der Waals surface area contributed by atoms with Gasteiger partial charge in [-0.15, -0.1) is 0 Å². The standard InChI is InChI=1S/C14H25N3OS/c1-3-6-15-14(13-11-19-10-9-18-13)12-5-7-16-17(12)8-4-2/h5,7,13-15H,3-4,6,8-11H2,1-2H3. The quantitative estimate of drug-likeness (QED) is 0.834. The van der Waals surface area contributed by atoms with E-state index in [1.807, 2.05) is 18.0 Å². The van der Waals surface area contributed by atoms with Crippen molar-refractivity contribution in [3.8, 4) is 0 Å². The van der Waals surface area contributed by atoms with Crippen LogP contribution in [0.1, 0.15) is 38.4 Å². The first-order chi connectivity index (χ1) is 9.36. The van der Waals surface area contributed by atoms with E-state index in [1.54, 1.807) is 0 Å². The molecule has 0 saturated carbocycles. The van der Waals surface area contributed by atoms with Crippen LogP contribution >= 0.6 is 11.8 Å². The Labute approximate surface area is 120 Å². The van der Waals surface area contributed by atoms with Gasteiger partial charge in [0, 0.05) is 24.2 Å². The summed E-state index contributed by atoms with van der Waals surface area (Å²) >= 11 is 1.99. The average molecular weight is 283 g/mol. The first kappa shape index (κ1) is 14.9. The molecule has 108 valence electrons. The maximum atomic E-state index is 5.97. The Morgan fingerprint density at radius 2 is 2.42 bits per heavy atom. The summed E-state index contributed by atoms with van der Waals surface area (Å²) < 4.78 is 8.09. The van der Waals surface area contributed by atoms with Gasteiger partial charge in [-0.05, 0) is 25.5 Å². The lowest BCUT2D eigenvalue weighted by atomic mass is 10.1. The van der Waals surface area contributed by atoms with Crippen LogP contribution < -0.4 is 5.32 Å². The Bertz CT molecular complexity index is 363. The van der Waals surface area contributed by atoms with Crippen LogP contribution in [0.15, 0.2) is 12.3 Å². The van der Waals surface area contributed by atoms with Crippen molar-refractivity contribution in [2.75, 3.05) is 24.7 Å². The van der Waals surface area contributed by atoms with Gasteiger partial charge in [0.25, 0.3) is 0 Å². The third-order valence-corrected chi connectivity index (χ3v) is 4.35. The summed E-state index contributed by atoms with van der Waals surface area (Å²) in [7, 11) is 0. The van der Waals surface area contributed by atoms with Crippen molar-refractivity contribution in [1.82, 2.24) is 15.1 Å². The zero-order valence-corrected chi connectivity index (χ0v) is 12.8. The van der Waals surface area contributed by atoms with Crippen LogP contribution in [0.5, 0.6) is 0 Å². The molecule has 2 unspecified atom stereocenters. The second-order valence-corrected chi connectivity index (χ2v) is 6.04. The number of aryl methyl sites for hydroxylation is 1. The average Bonchev–Trinajstić information content (AvgIpc) is 2.89. The highest BCUT2D eigenvalue weighted by molar-refractivity contribution is 7.99. The highest BCUT2D eigenvalue weighted by Gasteiger charge is 2.28. The Morgan fingerprint density at radius 1 is 1.53 bits per heavy atom. The second-order valence-electron chi connectivity index (χ2n) is 4.90. The molecule has 5 heteroatoms. The number of nitrogens with zero attached hydrogens (tertiary/aromatic N) is 2. The molecule has 2 heterocycles. The molecule has 0 spiro atoms. The molecule has 1 aliphatic rings. The predicted octanol–water partition coefficient (Wildman–Crippen LogP) is 2.47. The van der Waals surface area contributed by atoms with E-state index in [9.17, 15) is 0 Å². The van der Waals surface area contributed by atoms with Crippen LogP contribution in [0.3, 0.4) is 0 Å². The third kappa shape index (κ3) is 3.97. The fourth-order valence-corrected chi connectivity index (χ4v) is 3.33. The van der Waals surface area contributed by atoms with Crippen molar-refractivity contribution >= 4 is 11.8 Å². The maximum Gasteiger partial charge on any atom is 0.0875 e. The van der Waals surface area contributed by atoms with E-state index >= 15 is 0 Å². The van der Waals surface area contributed by atoms with Crippen molar-refractivity contribution in [3.05, 3.63) is 18.0 Å². The first-order valence-electron chi connectivity index (χ1n) is 7.31. The van der Waals surface area contributed by atoms with Crippen molar-refractivity contribution in [2.24, 2.45) is 0 Å². The molecule has 1 fully saturated rings. The lowest BCUT2D eigenvalue weighted by molar-refractivity contribution is 0.0444. The first-order valence-corrected chi connectivity index (χ1v) is 8.46. The van der Waals surface area contributed by atoms with Gasteiger partial charge in [-0.25, -0.2) is 0 Å². The zero-order chi connectivity index (χ0) is 13.5. The molecule has 1 aromatic rings. The molecule has 2 atom stereocenters. The van der Waals surface area contributed by atoms with Crippen molar-refractivity contribution in [1.29, 1.82) is 0 Å². The van der Waals surface area contributed by atoms with Gasteiger partial charge in [0.05, 0.1) is 24.4 Å². The van der Waals surface area contributed by atoms with Crippen molar-refractivity contribution in [3.63, 3.8) is 0 Å². The molecule has 0 amide bonds. The summed E-state index contributed by atoms with van der Waals surface area (Å²) in [6.45, 7) is 7.25. The van der Waals surface area contributed by atoms with Gasteiger partial charge in [0.1, 0.15) is 0 Å². The van der Waals surface area contributed by atoms with E-state index in [1.165, 1.54) is 5.69 Å². The van der Waals surface area contributed by atoms with Gasteiger partial charge in [0.2, 0.25) is 0 Å². The van der Waals surface area contributed by atoms with Crippen LogP contribution in [0.25, 0.3) is 0 Å². The van der Waals surface area contributed by atoms with Gasteiger partial charge >= 0.3 is 0 Å². The minimum Gasteiger partial charge on any atom is -0.374 e. The Hall–Kier alpha value is -0.520. The minimum absolute atomic E-state index is 0.262. The summed E-state index contributed by atoms with van der Waals surface area (Å²) in [5.74, 6) is 2.18. The van der Waals surface area contributed by atoms with Gasteiger partial charge in [-0.1, -0.05) is 13.8 Å². The van der Waals surface area contributed by atoms with Crippen molar-refractivity contribution in [2.45, 2.75) is 45.4 Å². The van der Waals surface area contributed by atoms with E-state index in [4.69, 9.17) is 4.74 Å².